The molecule has 0 saturated heterocycles. The summed E-state index contributed by atoms with van der Waals surface area (Å²) < 4.78 is 4.53. The first kappa shape index (κ1) is 19.9. The lowest BCUT2D eigenvalue weighted by atomic mass is 10.1. The van der Waals surface area contributed by atoms with Crippen molar-refractivity contribution in [1.82, 2.24) is 0 Å². The number of ether oxygens (including phenoxy) is 1. The van der Waals surface area contributed by atoms with Crippen LogP contribution >= 0.6 is 0 Å². The zero-order chi connectivity index (χ0) is 15.6. The fraction of sp³-hybridized carbons (Fsp3) is 0.737. The van der Waals surface area contributed by atoms with Crippen LogP contribution in [0.3, 0.4) is 0 Å². The second-order valence-electron chi connectivity index (χ2n) is 5.59. The minimum atomic E-state index is -0.257. The van der Waals surface area contributed by atoms with Gasteiger partial charge in [0.25, 0.3) is 0 Å². The Morgan fingerprint density at radius 3 is 1.81 bits per heavy atom. The summed E-state index contributed by atoms with van der Waals surface area (Å²) in [6.45, 7) is 2.26. The number of carbonyl (C=O) groups is 1. The van der Waals surface area contributed by atoms with Crippen molar-refractivity contribution in [1.29, 1.82) is 0 Å². The number of methoxy groups -OCH3 is 1. The van der Waals surface area contributed by atoms with Crippen LogP contribution in [0.15, 0.2) is 24.3 Å². The molecule has 0 aliphatic heterocycles. The van der Waals surface area contributed by atoms with Gasteiger partial charge in [-0.05, 0) is 38.5 Å². The van der Waals surface area contributed by atoms with Crippen molar-refractivity contribution in [3.63, 3.8) is 0 Å². The van der Waals surface area contributed by atoms with Gasteiger partial charge in [-0.3, -0.25) is 0 Å². The first-order valence-corrected chi connectivity index (χ1v) is 8.70. The molecular weight excluding hydrogens is 260 g/mol. The maximum Gasteiger partial charge on any atom is 0.330 e. The summed E-state index contributed by atoms with van der Waals surface area (Å²) in [6, 6.07) is 0. The smallest absolute Gasteiger partial charge is 0.330 e. The zero-order valence-corrected chi connectivity index (χ0v) is 14.1. The van der Waals surface area contributed by atoms with Gasteiger partial charge in [0.15, 0.2) is 0 Å². The van der Waals surface area contributed by atoms with Crippen LogP contribution in [-0.2, 0) is 9.53 Å². The third-order valence-corrected chi connectivity index (χ3v) is 3.59. The van der Waals surface area contributed by atoms with Gasteiger partial charge in [0.1, 0.15) is 0 Å². The van der Waals surface area contributed by atoms with E-state index in [0.29, 0.717) is 0 Å². The number of esters is 1. The van der Waals surface area contributed by atoms with Crippen LogP contribution in [0.4, 0.5) is 0 Å². The van der Waals surface area contributed by atoms with Gasteiger partial charge in [-0.25, -0.2) is 4.79 Å². The normalized spacial score (nSPS) is 11.5. The highest BCUT2D eigenvalue weighted by Crippen LogP contribution is 2.08. The van der Waals surface area contributed by atoms with Gasteiger partial charge < -0.3 is 4.74 Å². The molecule has 0 N–H and O–H groups in total. The van der Waals surface area contributed by atoms with E-state index < -0.39 is 0 Å². The van der Waals surface area contributed by atoms with Gasteiger partial charge in [0, 0.05) is 6.08 Å². The second kappa shape index (κ2) is 17.0. The van der Waals surface area contributed by atoms with Gasteiger partial charge in [-0.2, -0.15) is 0 Å². The standard InChI is InChI=1S/C19H34O2/c1-3-4-5-6-7-8-9-10-11-12-13-14-15-16-17-18-19(20)21-2/h10-11,17-18H,3-9,12-16H2,1-2H3. The van der Waals surface area contributed by atoms with Crippen LogP contribution in [0.25, 0.3) is 0 Å². The fourth-order valence-electron chi connectivity index (χ4n) is 2.23. The van der Waals surface area contributed by atoms with E-state index in [1.54, 1.807) is 0 Å². The summed E-state index contributed by atoms with van der Waals surface area (Å²) in [5.74, 6) is -0.257. The predicted octanol–water partition coefficient (Wildman–Crippen LogP) is 5.97. The lowest BCUT2D eigenvalue weighted by molar-refractivity contribution is -0.134. The Morgan fingerprint density at radius 2 is 1.24 bits per heavy atom. The fourth-order valence-corrected chi connectivity index (χ4v) is 2.23. The third kappa shape index (κ3) is 16.9. The Kier molecular flexibility index (Phi) is 16.2. The quantitative estimate of drug-likeness (QED) is 0.171. The summed E-state index contributed by atoms with van der Waals surface area (Å²) in [5.41, 5.74) is 0. The highest BCUT2D eigenvalue weighted by Gasteiger charge is 1.91. The molecule has 0 atom stereocenters. The lowest BCUT2D eigenvalue weighted by Crippen LogP contribution is -1.93. The molecule has 0 saturated carbocycles. The number of rotatable bonds is 14. The van der Waals surface area contributed by atoms with E-state index in [2.05, 4.69) is 23.8 Å². The van der Waals surface area contributed by atoms with Gasteiger partial charge in [0.05, 0.1) is 7.11 Å². The van der Waals surface area contributed by atoms with Crippen molar-refractivity contribution >= 4 is 5.97 Å². The zero-order valence-electron chi connectivity index (χ0n) is 14.1. The van der Waals surface area contributed by atoms with Crippen molar-refractivity contribution in [2.24, 2.45) is 0 Å². The summed E-state index contributed by atoms with van der Waals surface area (Å²) in [5, 5.41) is 0. The minimum Gasteiger partial charge on any atom is -0.466 e. The van der Waals surface area contributed by atoms with Crippen molar-refractivity contribution in [3.05, 3.63) is 24.3 Å². The van der Waals surface area contributed by atoms with Crippen molar-refractivity contribution in [3.8, 4) is 0 Å². The van der Waals surface area contributed by atoms with Crippen molar-refractivity contribution < 1.29 is 9.53 Å². The van der Waals surface area contributed by atoms with Crippen LogP contribution in [0, 0.1) is 0 Å². The number of allylic oxidation sites excluding steroid dienone is 3. The highest BCUT2D eigenvalue weighted by atomic mass is 16.5. The van der Waals surface area contributed by atoms with Gasteiger partial charge >= 0.3 is 5.97 Å². The molecule has 0 aromatic rings. The Labute approximate surface area is 131 Å². The van der Waals surface area contributed by atoms with E-state index in [0.717, 1.165) is 12.8 Å². The van der Waals surface area contributed by atoms with Crippen molar-refractivity contribution in [2.75, 3.05) is 7.11 Å². The molecule has 0 aliphatic carbocycles. The average Bonchev–Trinajstić information content (AvgIpc) is 2.50. The van der Waals surface area contributed by atoms with E-state index in [1.165, 1.54) is 77.4 Å². The first-order valence-electron chi connectivity index (χ1n) is 8.70. The van der Waals surface area contributed by atoms with Crippen molar-refractivity contribution in [2.45, 2.75) is 84.0 Å². The number of unbranched alkanes of at least 4 members (excludes halogenated alkanes) is 10. The van der Waals surface area contributed by atoms with Gasteiger partial charge in [0.2, 0.25) is 0 Å². The Morgan fingerprint density at radius 1 is 0.762 bits per heavy atom. The van der Waals surface area contributed by atoms with E-state index in [9.17, 15) is 4.79 Å². The molecule has 0 aromatic heterocycles. The molecule has 0 unspecified atom stereocenters. The number of hydrogen-bond donors (Lipinski definition) is 0. The van der Waals surface area contributed by atoms with Gasteiger partial charge in [-0.15, -0.1) is 0 Å². The van der Waals surface area contributed by atoms with Crippen LogP contribution in [0.2, 0.25) is 0 Å². The molecule has 122 valence electrons. The predicted molar refractivity (Wildman–Crippen MR) is 91.4 cm³/mol. The minimum absolute atomic E-state index is 0.257. The SMILES string of the molecule is CCCCCCCCC=CCCCCCC=CC(=O)OC. The average molecular weight is 294 g/mol. The highest BCUT2D eigenvalue weighted by molar-refractivity contribution is 5.81. The Balaban J connectivity index is 3.18. The number of carbonyl (C=O) groups excluding carboxylic acids is 1. The van der Waals surface area contributed by atoms with Gasteiger partial charge in [-0.1, -0.05) is 63.7 Å². The molecule has 0 rings (SSSR count). The molecule has 0 aromatic carbocycles. The maximum absolute atomic E-state index is 10.8. The summed E-state index contributed by atoms with van der Waals surface area (Å²) in [4.78, 5) is 10.8. The molecule has 0 aliphatic rings. The molecule has 0 amide bonds. The third-order valence-electron chi connectivity index (χ3n) is 3.59. The van der Waals surface area contributed by atoms with Crippen LogP contribution in [-0.4, -0.2) is 13.1 Å². The first-order chi connectivity index (χ1) is 10.3. The maximum atomic E-state index is 10.8. The summed E-state index contributed by atoms with van der Waals surface area (Å²) in [7, 11) is 1.41. The number of hydrogen-bond acceptors (Lipinski definition) is 2. The van der Waals surface area contributed by atoms with E-state index in [-0.39, 0.29) is 5.97 Å². The molecule has 0 radical (unpaired) electrons. The topological polar surface area (TPSA) is 26.3 Å². The van der Waals surface area contributed by atoms with E-state index >= 15 is 0 Å². The van der Waals surface area contributed by atoms with Crippen LogP contribution < -0.4 is 0 Å². The Bertz CT molecular complexity index is 279. The van der Waals surface area contributed by atoms with Crippen LogP contribution in [0.1, 0.15) is 84.0 Å². The van der Waals surface area contributed by atoms with E-state index in [1.807, 2.05) is 6.08 Å². The monoisotopic (exact) mass is 294 g/mol. The molecule has 0 fully saturated rings. The summed E-state index contributed by atoms with van der Waals surface area (Å²) in [6.07, 6.45) is 23.4. The summed E-state index contributed by atoms with van der Waals surface area (Å²) >= 11 is 0. The molecule has 2 heteroatoms. The molecule has 21 heavy (non-hydrogen) atoms. The molecule has 0 bridgehead atoms. The van der Waals surface area contributed by atoms with Crippen LogP contribution in [0.5, 0.6) is 0 Å². The lowest BCUT2D eigenvalue weighted by Gasteiger charge is -1.98. The Hall–Kier alpha value is -1.05. The molecular formula is C19H34O2. The molecule has 0 heterocycles. The largest absolute Gasteiger partial charge is 0.466 e. The molecule has 2 nitrogen and oxygen atoms in total. The molecule has 0 spiro atoms. The van der Waals surface area contributed by atoms with E-state index in [4.69, 9.17) is 0 Å². The second-order valence-corrected chi connectivity index (χ2v) is 5.59.